The Morgan fingerprint density at radius 3 is 2.56 bits per heavy atom. The number of carbonyl (C=O) groups is 1. The van der Waals surface area contributed by atoms with Gasteiger partial charge >= 0.3 is 5.97 Å². The minimum atomic E-state index is -0.625. The molecule has 0 spiro atoms. The summed E-state index contributed by atoms with van der Waals surface area (Å²) in [4.78, 5) is 18.8. The third-order valence-corrected chi connectivity index (χ3v) is 8.47. The Labute approximate surface area is 195 Å². The van der Waals surface area contributed by atoms with Gasteiger partial charge in [-0.1, -0.05) is 37.1 Å². The molecule has 172 valence electrons. The summed E-state index contributed by atoms with van der Waals surface area (Å²) >= 11 is 6.77. The Hall–Kier alpha value is -1.85. The molecule has 1 aromatic heterocycles. The van der Waals surface area contributed by atoms with Gasteiger partial charge in [-0.05, 0) is 68.9 Å². The van der Waals surface area contributed by atoms with Crippen LogP contribution in [0.2, 0.25) is 5.02 Å². The molecule has 2 atom stereocenters. The number of aliphatic carboxylic acids is 1. The maximum Gasteiger partial charge on any atom is 0.306 e. The zero-order valence-corrected chi connectivity index (χ0v) is 19.7. The summed E-state index contributed by atoms with van der Waals surface area (Å²) in [5.74, 6) is 0.817. The second-order valence-electron chi connectivity index (χ2n) is 10.4. The maximum absolute atomic E-state index is 11.6. The van der Waals surface area contributed by atoms with Gasteiger partial charge in [-0.3, -0.25) is 9.69 Å². The molecule has 2 saturated heterocycles. The number of anilines is 1. The molecule has 2 aliphatic heterocycles. The fourth-order valence-corrected chi connectivity index (χ4v) is 6.46. The second kappa shape index (κ2) is 9.18. The number of pyridine rings is 1. The summed E-state index contributed by atoms with van der Waals surface area (Å²) in [5.41, 5.74) is 1.25. The highest BCUT2D eigenvalue weighted by atomic mass is 35.5. The first kappa shape index (κ1) is 22.0. The molecule has 0 amide bonds. The Bertz CT molecular complexity index is 974. The van der Waals surface area contributed by atoms with E-state index in [0.717, 1.165) is 54.7 Å². The summed E-state index contributed by atoms with van der Waals surface area (Å²) in [6, 6.07) is 7.74. The zero-order chi connectivity index (χ0) is 22.2. The first-order valence-electron chi connectivity index (χ1n) is 12.3. The van der Waals surface area contributed by atoms with Crippen molar-refractivity contribution >= 4 is 34.2 Å². The number of aromatic nitrogens is 1. The number of halogens is 1. The van der Waals surface area contributed by atoms with Crippen LogP contribution in [0.25, 0.3) is 10.8 Å². The van der Waals surface area contributed by atoms with Gasteiger partial charge in [-0.2, -0.15) is 0 Å². The van der Waals surface area contributed by atoms with Gasteiger partial charge in [0.25, 0.3) is 0 Å². The molecule has 1 aliphatic carbocycles. The fraction of sp³-hybridized carbons (Fsp3) is 0.615. The van der Waals surface area contributed by atoms with Gasteiger partial charge < -0.3 is 10.4 Å². The molecule has 2 aromatic rings. The van der Waals surface area contributed by atoms with E-state index >= 15 is 0 Å². The minimum absolute atomic E-state index is 0.181. The van der Waals surface area contributed by atoms with Crippen LogP contribution in [-0.2, 0) is 11.3 Å². The van der Waals surface area contributed by atoms with E-state index in [1.54, 1.807) is 0 Å². The van der Waals surface area contributed by atoms with Gasteiger partial charge in [-0.25, -0.2) is 4.98 Å². The van der Waals surface area contributed by atoms with E-state index in [0.29, 0.717) is 23.1 Å². The van der Waals surface area contributed by atoms with Crippen LogP contribution in [0.1, 0.15) is 70.3 Å². The number of nitrogens with zero attached hydrogens (tertiary/aromatic N) is 2. The lowest BCUT2D eigenvalue weighted by Crippen LogP contribution is -2.52. The Kier molecular flexibility index (Phi) is 6.31. The molecular weight excluding hydrogens is 422 g/mol. The number of benzene rings is 1. The van der Waals surface area contributed by atoms with Gasteiger partial charge in [0.05, 0.1) is 10.9 Å². The van der Waals surface area contributed by atoms with Crippen LogP contribution in [0.5, 0.6) is 0 Å². The van der Waals surface area contributed by atoms with Crippen molar-refractivity contribution in [3.05, 3.63) is 35.0 Å². The number of hydrogen-bond donors (Lipinski definition) is 2. The van der Waals surface area contributed by atoms with Gasteiger partial charge in [-0.15, -0.1) is 0 Å². The number of nitrogens with one attached hydrogen (secondary N) is 1. The topological polar surface area (TPSA) is 65.5 Å². The van der Waals surface area contributed by atoms with Crippen molar-refractivity contribution in [2.75, 3.05) is 5.32 Å². The Morgan fingerprint density at radius 2 is 1.88 bits per heavy atom. The number of carboxylic acids is 1. The molecule has 3 aliphatic rings. The van der Waals surface area contributed by atoms with E-state index in [9.17, 15) is 9.90 Å². The molecule has 5 rings (SSSR count). The van der Waals surface area contributed by atoms with Crippen LogP contribution in [0.4, 0.5) is 5.82 Å². The minimum Gasteiger partial charge on any atom is -0.481 e. The lowest BCUT2D eigenvalue weighted by atomic mass is 9.78. The molecule has 3 fully saturated rings. The third kappa shape index (κ3) is 4.47. The van der Waals surface area contributed by atoms with Crippen molar-refractivity contribution < 1.29 is 9.90 Å². The van der Waals surface area contributed by atoms with Gasteiger partial charge in [0, 0.05) is 41.6 Å². The van der Waals surface area contributed by atoms with Crippen molar-refractivity contribution in [1.82, 2.24) is 9.88 Å². The van der Waals surface area contributed by atoms with Crippen molar-refractivity contribution in [2.24, 2.45) is 11.8 Å². The summed E-state index contributed by atoms with van der Waals surface area (Å²) in [7, 11) is 0. The van der Waals surface area contributed by atoms with Crippen LogP contribution in [0.15, 0.2) is 24.4 Å². The van der Waals surface area contributed by atoms with Crippen LogP contribution >= 0.6 is 11.6 Å². The van der Waals surface area contributed by atoms with E-state index in [1.165, 1.54) is 37.7 Å². The molecule has 5 nitrogen and oxygen atoms in total. The summed E-state index contributed by atoms with van der Waals surface area (Å²) < 4.78 is 0. The number of carboxylic acid groups (broad SMARTS) is 1. The fourth-order valence-electron chi connectivity index (χ4n) is 6.18. The second-order valence-corrected chi connectivity index (χ2v) is 10.7. The first-order valence-corrected chi connectivity index (χ1v) is 12.7. The molecule has 32 heavy (non-hydrogen) atoms. The van der Waals surface area contributed by atoms with Crippen LogP contribution in [0, 0.1) is 11.8 Å². The SMILES string of the molecule is CC1CCC(Nc2ncc3cc(CN4C5CCCC4CC(C(=O)O)C5)ccc3c2Cl)CC1. The normalized spacial score (nSPS) is 30.9. The summed E-state index contributed by atoms with van der Waals surface area (Å²) in [6.07, 6.45) is 11.8. The van der Waals surface area contributed by atoms with Crippen LogP contribution in [0.3, 0.4) is 0 Å². The predicted molar refractivity (Wildman–Crippen MR) is 129 cm³/mol. The van der Waals surface area contributed by atoms with E-state index < -0.39 is 5.97 Å². The highest BCUT2D eigenvalue weighted by molar-refractivity contribution is 6.37. The van der Waals surface area contributed by atoms with Crippen molar-refractivity contribution in [1.29, 1.82) is 0 Å². The van der Waals surface area contributed by atoms with Crippen molar-refractivity contribution in [3.8, 4) is 0 Å². The standard InChI is InChI=1S/C26H34ClN3O2/c1-16-5-8-20(9-6-16)29-25-24(27)23-10-7-17(11-19(23)14-28-25)15-30-21-3-2-4-22(30)13-18(12-21)26(31)32/h7,10-11,14,16,18,20-22H,2-6,8-9,12-13,15H2,1H3,(H,28,29)(H,31,32). The van der Waals surface area contributed by atoms with Crippen LogP contribution in [-0.4, -0.2) is 39.1 Å². The van der Waals surface area contributed by atoms with Crippen molar-refractivity contribution in [2.45, 2.75) is 89.4 Å². The molecule has 2 bridgehead atoms. The number of piperidine rings is 2. The largest absolute Gasteiger partial charge is 0.481 e. The number of hydrogen-bond acceptors (Lipinski definition) is 4. The number of fused-ring (bicyclic) bond motifs is 3. The summed E-state index contributed by atoms with van der Waals surface area (Å²) in [5, 5.41) is 15.9. The van der Waals surface area contributed by atoms with Gasteiger partial charge in [0.15, 0.2) is 0 Å². The lowest BCUT2D eigenvalue weighted by Gasteiger charge is -2.48. The number of rotatable bonds is 5. The first-order chi connectivity index (χ1) is 15.5. The molecular formula is C26H34ClN3O2. The van der Waals surface area contributed by atoms with Crippen LogP contribution < -0.4 is 5.32 Å². The average Bonchev–Trinajstić information content (AvgIpc) is 2.77. The van der Waals surface area contributed by atoms with E-state index in [4.69, 9.17) is 11.6 Å². The molecule has 2 N–H and O–H groups in total. The van der Waals surface area contributed by atoms with Crippen molar-refractivity contribution in [3.63, 3.8) is 0 Å². The molecule has 1 aromatic carbocycles. The molecule has 6 heteroatoms. The average molecular weight is 456 g/mol. The maximum atomic E-state index is 11.6. The lowest BCUT2D eigenvalue weighted by molar-refractivity contribution is -0.146. The summed E-state index contributed by atoms with van der Waals surface area (Å²) in [6.45, 7) is 3.20. The van der Waals surface area contributed by atoms with E-state index in [-0.39, 0.29) is 5.92 Å². The molecule has 1 saturated carbocycles. The molecule has 0 radical (unpaired) electrons. The predicted octanol–water partition coefficient (Wildman–Crippen LogP) is 6.10. The van der Waals surface area contributed by atoms with Gasteiger partial charge in [0.2, 0.25) is 0 Å². The smallest absolute Gasteiger partial charge is 0.306 e. The molecule has 3 heterocycles. The highest BCUT2D eigenvalue weighted by Crippen LogP contribution is 2.39. The quantitative estimate of drug-likeness (QED) is 0.570. The zero-order valence-electron chi connectivity index (χ0n) is 18.9. The Morgan fingerprint density at radius 1 is 1.16 bits per heavy atom. The highest BCUT2D eigenvalue weighted by Gasteiger charge is 2.40. The Balaban J connectivity index is 1.31. The van der Waals surface area contributed by atoms with E-state index in [1.807, 2.05) is 6.20 Å². The van der Waals surface area contributed by atoms with Gasteiger partial charge in [0.1, 0.15) is 5.82 Å². The third-order valence-electron chi connectivity index (χ3n) is 8.09. The molecule has 2 unspecified atom stereocenters. The van der Waals surface area contributed by atoms with E-state index in [2.05, 4.69) is 40.3 Å². The monoisotopic (exact) mass is 455 g/mol.